The first-order valence-electron chi connectivity index (χ1n) is 10.3. The number of β-amino-alcohol motifs (C(OH)–C–C–N with tert-alkyl or cyclic N) is 1. The van der Waals surface area contributed by atoms with Crippen LogP contribution < -0.4 is 4.90 Å². The number of hydrogen-bond acceptors (Lipinski definition) is 5. The number of nitrogens with zero attached hydrogens (tertiary/aromatic N) is 4. The van der Waals surface area contributed by atoms with Crippen molar-refractivity contribution in [1.82, 2.24) is 14.9 Å². The van der Waals surface area contributed by atoms with Gasteiger partial charge in [0, 0.05) is 55.4 Å². The third-order valence-electron chi connectivity index (χ3n) is 5.47. The van der Waals surface area contributed by atoms with Crippen LogP contribution in [0.25, 0.3) is 0 Å². The van der Waals surface area contributed by atoms with Gasteiger partial charge in [-0.3, -0.25) is 4.90 Å². The molecule has 1 aliphatic heterocycles. The molecule has 1 unspecified atom stereocenters. The first-order chi connectivity index (χ1) is 14.0. The van der Waals surface area contributed by atoms with Crippen LogP contribution in [0.5, 0.6) is 0 Å². The Morgan fingerprint density at radius 2 is 1.90 bits per heavy atom. The van der Waals surface area contributed by atoms with E-state index in [-0.39, 0.29) is 6.10 Å². The third kappa shape index (κ3) is 5.78. The standard InChI is InChI=1S/C23H31ClN4O/c1-4-5-9-20(29)16-27-11-13-28(14-12-27)23-21(17(2)25-18(3)26-23)15-19-8-6-7-10-22(19)24/h4,6-8,10,20,29H,1,5,9,11-16H2,2-3H3. The summed E-state index contributed by atoms with van der Waals surface area (Å²) in [5, 5.41) is 11.0. The van der Waals surface area contributed by atoms with E-state index >= 15 is 0 Å². The summed E-state index contributed by atoms with van der Waals surface area (Å²) in [4.78, 5) is 14.1. The molecule has 1 N–H and O–H groups in total. The van der Waals surface area contributed by atoms with E-state index in [0.717, 1.165) is 85.5 Å². The molecule has 1 atom stereocenters. The Balaban J connectivity index is 1.72. The highest BCUT2D eigenvalue weighted by atomic mass is 35.5. The predicted octanol–water partition coefficient (Wildman–Crippen LogP) is 3.79. The summed E-state index contributed by atoms with van der Waals surface area (Å²) in [5.74, 6) is 1.81. The summed E-state index contributed by atoms with van der Waals surface area (Å²) in [6, 6.07) is 7.96. The van der Waals surface area contributed by atoms with Gasteiger partial charge in [-0.25, -0.2) is 9.97 Å². The molecule has 29 heavy (non-hydrogen) atoms. The number of aliphatic hydroxyl groups excluding tert-OH is 1. The zero-order chi connectivity index (χ0) is 20.8. The molecule has 2 aromatic rings. The van der Waals surface area contributed by atoms with E-state index in [1.165, 1.54) is 0 Å². The number of aryl methyl sites for hydroxylation is 2. The van der Waals surface area contributed by atoms with Gasteiger partial charge in [-0.2, -0.15) is 0 Å². The Kier molecular flexibility index (Phi) is 7.64. The smallest absolute Gasteiger partial charge is 0.136 e. The van der Waals surface area contributed by atoms with Crippen molar-refractivity contribution < 1.29 is 5.11 Å². The second kappa shape index (κ2) is 10.2. The molecule has 1 fully saturated rings. The van der Waals surface area contributed by atoms with Crippen LogP contribution in [0.15, 0.2) is 36.9 Å². The lowest BCUT2D eigenvalue weighted by Gasteiger charge is -2.37. The van der Waals surface area contributed by atoms with Crippen LogP contribution in [0.4, 0.5) is 5.82 Å². The van der Waals surface area contributed by atoms with Gasteiger partial charge in [0.15, 0.2) is 0 Å². The summed E-state index contributed by atoms with van der Waals surface area (Å²) in [6.07, 6.45) is 3.92. The Bertz CT molecular complexity index is 834. The topological polar surface area (TPSA) is 52.5 Å². The van der Waals surface area contributed by atoms with Gasteiger partial charge in [0.1, 0.15) is 11.6 Å². The highest BCUT2D eigenvalue weighted by Gasteiger charge is 2.23. The first kappa shape index (κ1) is 21.8. The molecule has 0 aliphatic carbocycles. The van der Waals surface area contributed by atoms with Gasteiger partial charge in [-0.05, 0) is 38.3 Å². The third-order valence-corrected chi connectivity index (χ3v) is 5.84. The summed E-state index contributed by atoms with van der Waals surface area (Å²) < 4.78 is 0. The summed E-state index contributed by atoms with van der Waals surface area (Å²) in [5.41, 5.74) is 3.24. The number of piperazine rings is 1. The quantitative estimate of drug-likeness (QED) is 0.666. The largest absolute Gasteiger partial charge is 0.392 e. The molecule has 0 bridgehead atoms. The molecule has 6 heteroatoms. The van der Waals surface area contributed by atoms with E-state index in [2.05, 4.69) is 34.4 Å². The lowest BCUT2D eigenvalue weighted by molar-refractivity contribution is 0.103. The van der Waals surface area contributed by atoms with Crippen molar-refractivity contribution >= 4 is 17.4 Å². The lowest BCUT2D eigenvalue weighted by Crippen LogP contribution is -2.49. The minimum Gasteiger partial charge on any atom is -0.392 e. The average Bonchev–Trinajstić information content (AvgIpc) is 2.70. The minimum atomic E-state index is -0.293. The van der Waals surface area contributed by atoms with E-state index in [9.17, 15) is 5.11 Å². The Hall–Kier alpha value is -1.95. The number of benzene rings is 1. The van der Waals surface area contributed by atoms with Gasteiger partial charge in [0.05, 0.1) is 6.10 Å². The maximum Gasteiger partial charge on any atom is 0.136 e. The zero-order valence-electron chi connectivity index (χ0n) is 17.4. The van der Waals surface area contributed by atoms with Crippen molar-refractivity contribution in [2.45, 2.75) is 39.2 Å². The molecule has 1 aliphatic rings. The SMILES string of the molecule is C=CCCC(O)CN1CCN(c2nc(C)nc(C)c2Cc2ccccc2Cl)CC1. The van der Waals surface area contributed by atoms with Crippen molar-refractivity contribution in [3.63, 3.8) is 0 Å². The Morgan fingerprint density at radius 1 is 1.17 bits per heavy atom. The van der Waals surface area contributed by atoms with Crippen LogP contribution in [-0.4, -0.2) is 58.8 Å². The van der Waals surface area contributed by atoms with Crippen LogP contribution in [0, 0.1) is 13.8 Å². The van der Waals surface area contributed by atoms with Crippen molar-refractivity contribution in [3.05, 3.63) is 64.6 Å². The molecule has 156 valence electrons. The van der Waals surface area contributed by atoms with Crippen LogP contribution >= 0.6 is 11.6 Å². The van der Waals surface area contributed by atoms with E-state index in [0.29, 0.717) is 0 Å². The fourth-order valence-electron chi connectivity index (χ4n) is 3.86. The van der Waals surface area contributed by atoms with Gasteiger partial charge >= 0.3 is 0 Å². The van der Waals surface area contributed by atoms with Gasteiger partial charge in [-0.1, -0.05) is 35.9 Å². The number of halogens is 1. The van der Waals surface area contributed by atoms with Crippen LogP contribution in [-0.2, 0) is 6.42 Å². The van der Waals surface area contributed by atoms with Crippen molar-refractivity contribution in [3.8, 4) is 0 Å². The number of allylic oxidation sites excluding steroid dienone is 1. The predicted molar refractivity (Wildman–Crippen MR) is 120 cm³/mol. The highest BCUT2D eigenvalue weighted by Crippen LogP contribution is 2.27. The number of anilines is 1. The molecule has 1 aromatic carbocycles. The molecular weight excluding hydrogens is 384 g/mol. The fourth-order valence-corrected chi connectivity index (χ4v) is 4.06. The molecular formula is C23H31ClN4O. The van der Waals surface area contributed by atoms with E-state index in [1.807, 2.05) is 31.2 Å². The monoisotopic (exact) mass is 414 g/mol. The number of hydrogen-bond donors (Lipinski definition) is 1. The lowest BCUT2D eigenvalue weighted by atomic mass is 10.0. The molecule has 0 spiro atoms. The molecule has 2 heterocycles. The first-order valence-corrected chi connectivity index (χ1v) is 10.7. The van der Waals surface area contributed by atoms with Gasteiger partial charge in [0.25, 0.3) is 0 Å². The second-order valence-corrected chi connectivity index (χ2v) is 8.14. The highest BCUT2D eigenvalue weighted by molar-refractivity contribution is 6.31. The fraction of sp³-hybridized carbons (Fsp3) is 0.478. The van der Waals surface area contributed by atoms with Crippen molar-refractivity contribution in [2.75, 3.05) is 37.6 Å². The number of rotatable bonds is 8. The second-order valence-electron chi connectivity index (χ2n) is 7.73. The van der Waals surface area contributed by atoms with Crippen molar-refractivity contribution in [2.24, 2.45) is 0 Å². The average molecular weight is 415 g/mol. The molecule has 0 radical (unpaired) electrons. The molecule has 5 nitrogen and oxygen atoms in total. The normalized spacial score (nSPS) is 16.1. The van der Waals surface area contributed by atoms with Crippen LogP contribution in [0.1, 0.15) is 35.5 Å². The molecule has 1 aromatic heterocycles. The number of aliphatic hydroxyl groups is 1. The van der Waals surface area contributed by atoms with Crippen LogP contribution in [0.3, 0.4) is 0 Å². The van der Waals surface area contributed by atoms with E-state index in [4.69, 9.17) is 16.6 Å². The van der Waals surface area contributed by atoms with E-state index < -0.39 is 0 Å². The summed E-state index contributed by atoms with van der Waals surface area (Å²) >= 11 is 6.41. The van der Waals surface area contributed by atoms with Gasteiger partial charge in [-0.15, -0.1) is 6.58 Å². The van der Waals surface area contributed by atoms with E-state index in [1.54, 1.807) is 0 Å². The zero-order valence-corrected chi connectivity index (χ0v) is 18.2. The Labute approximate surface area is 179 Å². The van der Waals surface area contributed by atoms with Crippen LogP contribution in [0.2, 0.25) is 5.02 Å². The van der Waals surface area contributed by atoms with Gasteiger partial charge < -0.3 is 10.0 Å². The minimum absolute atomic E-state index is 0.293. The van der Waals surface area contributed by atoms with Crippen molar-refractivity contribution in [1.29, 1.82) is 0 Å². The van der Waals surface area contributed by atoms with Gasteiger partial charge in [0.2, 0.25) is 0 Å². The Morgan fingerprint density at radius 3 is 2.59 bits per heavy atom. The summed E-state index contributed by atoms with van der Waals surface area (Å²) in [6.45, 7) is 12.1. The molecule has 0 amide bonds. The number of aromatic nitrogens is 2. The molecule has 1 saturated heterocycles. The maximum atomic E-state index is 10.2. The maximum absolute atomic E-state index is 10.2. The summed E-state index contributed by atoms with van der Waals surface area (Å²) in [7, 11) is 0. The molecule has 0 saturated carbocycles. The molecule has 3 rings (SSSR count).